The molecule has 4 rings (SSSR count). The smallest absolute Gasteiger partial charge is 0.173 e. The molecule has 64 valence electrons. The third kappa shape index (κ3) is 0.682. The van der Waals surface area contributed by atoms with Crippen molar-refractivity contribution < 1.29 is 4.74 Å². The van der Waals surface area contributed by atoms with Crippen molar-refractivity contribution in [2.45, 2.75) is 43.8 Å². The quantitative estimate of drug-likeness (QED) is 0.511. The summed E-state index contributed by atoms with van der Waals surface area (Å²) in [6.45, 7) is 0. The van der Waals surface area contributed by atoms with Crippen LogP contribution < -0.4 is 0 Å². The summed E-state index contributed by atoms with van der Waals surface area (Å²) in [5.41, 5.74) is 0.0515. The van der Waals surface area contributed by atoms with Crippen LogP contribution in [0.25, 0.3) is 0 Å². The van der Waals surface area contributed by atoms with Crippen molar-refractivity contribution in [3.63, 3.8) is 0 Å². The van der Waals surface area contributed by atoms with Crippen LogP contribution in [0, 0.1) is 23.2 Å². The van der Waals surface area contributed by atoms with Gasteiger partial charge in [0.15, 0.2) is 6.10 Å². The lowest BCUT2D eigenvalue weighted by atomic mass is 9.63. The molecule has 3 saturated carbocycles. The van der Waals surface area contributed by atoms with E-state index in [1.54, 1.807) is 0 Å². The van der Waals surface area contributed by atoms with Gasteiger partial charge in [-0.25, -0.2) is 0 Å². The third-order valence-corrected chi connectivity index (χ3v) is 3.99. The van der Waals surface area contributed by atoms with E-state index in [1.165, 1.54) is 32.1 Å². The van der Waals surface area contributed by atoms with E-state index in [4.69, 9.17) is 10.00 Å². The summed E-state index contributed by atoms with van der Waals surface area (Å²) in [5.74, 6) is 1.58. The van der Waals surface area contributed by atoms with Gasteiger partial charge in [0.25, 0.3) is 0 Å². The molecule has 1 heterocycles. The molecule has 2 bridgehead atoms. The highest BCUT2D eigenvalue weighted by atomic mass is 16.6. The molecule has 2 heteroatoms. The number of hydrogen-bond acceptors (Lipinski definition) is 2. The molecule has 3 aliphatic carbocycles. The second-order valence-corrected chi connectivity index (χ2v) is 4.50. The molecule has 0 radical (unpaired) electrons. The molecule has 2 atom stereocenters. The fourth-order valence-corrected chi connectivity index (χ4v) is 3.26. The number of nitriles is 1. The van der Waals surface area contributed by atoms with E-state index in [1.807, 2.05) is 0 Å². The number of nitrogens with zero attached hydrogens (tertiary/aromatic N) is 1. The first-order chi connectivity index (χ1) is 5.85. The van der Waals surface area contributed by atoms with Crippen molar-refractivity contribution in [1.29, 1.82) is 5.26 Å². The molecule has 0 aromatic heterocycles. The van der Waals surface area contributed by atoms with Crippen molar-refractivity contribution >= 4 is 0 Å². The van der Waals surface area contributed by atoms with E-state index in [2.05, 4.69) is 6.07 Å². The molecule has 4 fully saturated rings. The molecular weight excluding hydrogens is 150 g/mol. The second-order valence-electron chi connectivity index (χ2n) is 4.50. The first kappa shape index (κ1) is 6.91. The maximum absolute atomic E-state index is 8.78. The lowest BCUT2D eigenvalue weighted by Crippen LogP contribution is -2.39. The minimum atomic E-state index is -0.0504. The minimum Gasteiger partial charge on any atom is -0.350 e. The molecule has 1 saturated heterocycles. The van der Waals surface area contributed by atoms with Crippen LogP contribution in [0.3, 0.4) is 0 Å². The summed E-state index contributed by atoms with van der Waals surface area (Å²) in [6.07, 6.45) is 6.51. The third-order valence-electron chi connectivity index (χ3n) is 3.99. The minimum absolute atomic E-state index is 0.0504. The Labute approximate surface area is 72.5 Å². The number of hydrogen-bond donors (Lipinski definition) is 0. The molecule has 1 aliphatic heterocycles. The summed E-state index contributed by atoms with van der Waals surface area (Å²) in [6, 6.07) is 2.26. The highest BCUT2D eigenvalue weighted by Crippen LogP contribution is 2.58. The summed E-state index contributed by atoms with van der Waals surface area (Å²) < 4.78 is 5.57. The average Bonchev–Trinajstić information content (AvgIpc) is 2.81. The predicted octanol–water partition coefficient (Wildman–Crippen LogP) is 1.86. The zero-order chi connectivity index (χ0) is 8.18. The van der Waals surface area contributed by atoms with Crippen LogP contribution in [0.4, 0.5) is 0 Å². The maximum atomic E-state index is 8.78. The van der Waals surface area contributed by atoms with Crippen molar-refractivity contribution in [2.24, 2.45) is 11.8 Å². The van der Waals surface area contributed by atoms with Crippen molar-refractivity contribution in [2.75, 3.05) is 0 Å². The van der Waals surface area contributed by atoms with E-state index in [0.717, 1.165) is 5.92 Å². The van der Waals surface area contributed by atoms with E-state index in [0.29, 0.717) is 5.92 Å². The highest BCUT2D eigenvalue weighted by molar-refractivity contribution is 5.20. The van der Waals surface area contributed by atoms with E-state index < -0.39 is 0 Å². The largest absolute Gasteiger partial charge is 0.350 e. The van der Waals surface area contributed by atoms with E-state index in [-0.39, 0.29) is 11.7 Å². The second kappa shape index (κ2) is 2.03. The van der Waals surface area contributed by atoms with E-state index in [9.17, 15) is 0 Å². The van der Waals surface area contributed by atoms with Crippen LogP contribution >= 0.6 is 0 Å². The van der Waals surface area contributed by atoms with Gasteiger partial charge in [0, 0.05) is 0 Å². The Hall–Kier alpha value is -0.550. The first-order valence-electron chi connectivity index (χ1n) is 4.92. The standard InChI is InChI=1S/C10H13NO/c11-6-9-10(12-9)5-7-1-3-8(10)4-2-7/h7-9H,1-5H2. The molecule has 4 aliphatic rings. The highest BCUT2D eigenvalue weighted by Gasteiger charge is 2.65. The Bertz CT molecular complexity index is 249. The lowest BCUT2D eigenvalue weighted by molar-refractivity contribution is 0.0614. The molecule has 0 aromatic rings. The Morgan fingerprint density at radius 2 is 2.00 bits per heavy atom. The van der Waals surface area contributed by atoms with Crippen molar-refractivity contribution in [3.05, 3.63) is 0 Å². The number of epoxide rings is 1. The number of fused-ring (bicyclic) bond motifs is 2. The van der Waals surface area contributed by atoms with Crippen LogP contribution in [-0.2, 0) is 4.74 Å². The fourth-order valence-electron chi connectivity index (χ4n) is 3.26. The maximum Gasteiger partial charge on any atom is 0.173 e. The lowest BCUT2D eigenvalue weighted by Gasteiger charge is -2.40. The van der Waals surface area contributed by atoms with Crippen LogP contribution in [0.5, 0.6) is 0 Å². The van der Waals surface area contributed by atoms with Crippen LogP contribution in [0.15, 0.2) is 0 Å². The Balaban J connectivity index is 1.87. The van der Waals surface area contributed by atoms with Crippen molar-refractivity contribution in [3.8, 4) is 6.07 Å². The molecule has 2 unspecified atom stereocenters. The first-order valence-corrected chi connectivity index (χ1v) is 4.92. The normalized spacial score (nSPS) is 55.4. The number of rotatable bonds is 0. The van der Waals surface area contributed by atoms with Gasteiger partial charge in [0.2, 0.25) is 0 Å². The Morgan fingerprint density at radius 1 is 1.25 bits per heavy atom. The fraction of sp³-hybridized carbons (Fsp3) is 0.900. The van der Waals surface area contributed by atoms with Gasteiger partial charge in [-0.1, -0.05) is 0 Å². The zero-order valence-corrected chi connectivity index (χ0v) is 7.12. The topological polar surface area (TPSA) is 36.3 Å². The van der Waals surface area contributed by atoms with Gasteiger partial charge in [-0.3, -0.25) is 0 Å². The summed E-state index contributed by atoms with van der Waals surface area (Å²) in [7, 11) is 0. The molecule has 2 nitrogen and oxygen atoms in total. The number of ether oxygens (including phenoxy) is 1. The summed E-state index contributed by atoms with van der Waals surface area (Å²) >= 11 is 0. The van der Waals surface area contributed by atoms with Gasteiger partial charge in [-0.15, -0.1) is 0 Å². The SMILES string of the molecule is N#CC1OC12CC1CCC2CC1. The van der Waals surface area contributed by atoms with Gasteiger partial charge < -0.3 is 4.74 Å². The molecule has 0 N–H and O–H groups in total. The monoisotopic (exact) mass is 163 g/mol. The van der Waals surface area contributed by atoms with Crippen LogP contribution in [-0.4, -0.2) is 11.7 Å². The van der Waals surface area contributed by atoms with Gasteiger partial charge in [0.1, 0.15) is 5.60 Å². The predicted molar refractivity (Wildman–Crippen MR) is 43.3 cm³/mol. The van der Waals surface area contributed by atoms with Gasteiger partial charge in [-0.2, -0.15) is 5.26 Å². The average molecular weight is 163 g/mol. The Kier molecular flexibility index (Phi) is 1.17. The molecule has 12 heavy (non-hydrogen) atoms. The van der Waals surface area contributed by atoms with Crippen molar-refractivity contribution in [1.82, 2.24) is 0 Å². The van der Waals surface area contributed by atoms with Gasteiger partial charge in [0.05, 0.1) is 6.07 Å². The Morgan fingerprint density at radius 3 is 2.42 bits per heavy atom. The molecule has 0 aromatic carbocycles. The summed E-state index contributed by atoms with van der Waals surface area (Å²) in [5, 5.41) is 8.78. The molecular formula is C10H13NO. The molecule has 1 spiro atoms. The van der Waals surface area contributed by atoms with Gasteiger partial charge in [-0.05, 0) is 43.9 Å². The van der Waals surface area contributed by atoms with Gasteiger partial charge >= 0.3 is 0 Å². The zero-order valence-electron chi connectivity index (χ0n) is 7.12. The molecule has 0 amide bonds. The van der Waals surface area contributed by atoms with Crippen LogP contribution in [0.1, 0.15) is 32.1 Å². The van der Waals surface area contributed by atoms with E-state index >= 15 is 0 Å². The van der Waals surface area contributed by atoms with Crippen LogP contribution in [0.2, 0.25) is 0 Å². The summed E-state index contributed by atoms with van der Waals surface area (Å²) in [4.78, 5) is 0.